The lowest BCUT2D eigenvalue weighted by Gasteiger charge is -2.19. The number of aryl methyl sites for hydroxylation is 1. The Morgan fingerprint density at radius 1 is 1.12 bits per heavy atom. The van der Waals surface area contributed by atoms with Gasteiger partial charge in [-0.25, -0.2) is 4.98 Å². The topological polar surface area (TPSA) is 84.1 Å². The monoisotopic (exact) mass is 336 g/mol. The molecule has 0 bridgehead atoms. The molecule has 3 rings (SSSR count). The van der Waals surface area contributed by atoms with Gasteiger partial charge in [0.1, 0.15) is 0 Å². The van der Waals surface area contributed by atoms with Crippen molar-refractivity contribution in [3.8, 4) is 0 Å². The van der Waals surface area contributed by atoms with Gasteiger partial charge in [-0.05, 0) is 36.6 Å². The fourth-order valence-electron chi connectivity index (χ4n) is 2.77. The van der Waals surface area contributed by atoms with Gasteiger partial charge in [0.2, 0.25) is 0 Å². The van der Waals surface area contributed by atoms with Crippen molar-refractivity contribution in [1.29, 1.82) is 0 Å². The molecular formula is C20H24N4O. The molecule has 0 radical (unpaired) electrons. The highest BCUT2D eigenvalue weighted by Gasteiger charge is 2.15. The van der Waals surface area contributed by atoms with Crippen LogP contribution in [0.15, 0.2) is 54.7 Å². The first-order chi connectivity index (χ1) is 12.1. The van der Waals surface area contributed by atoms with Crippen LogP contribution in [0, 0.1) is 6.92 Å². The second-order valence-corrected chi connectivity index (χ2v) is 6.41. The zero-order chi connectivity index (χ0) is 17.6. The van der Waals surface area contributed by atoms with Gasteiger partial charge < -0.3 is 16.2 Å². The molecule has 1 aromatic heterocycles. The summed E-state index contributed by atoms with van der Waals surface area (Å²) < 4.78 is 0. The second kappa shape index (κ2) is 8.16. The maximum absolute atomic E-state index is 10.2. The number of nitrogens with zero attached hydrogens (tertiary/aromatic N) is 2. The Hall–Kier alpha value is -2.34. The van der Waals surface area contributed by atoms with Crippen molar-refractivity contribution in [2.75, 3.05) is 6.54 Å². The fraction of sp³-hybridized carbons (Fsp3) is 0.300. The zero-order valence-corrected chi connectivity index (χ0v) is 14.4. The van der Waals surface area contributed by atoms with Crippen LogP contribution in [0.25, 0.3) is 11.0 Å². The molecule has 0 amide bonds. The number of hydrogen-bond acceptors (Lipinski definition) is 5. The maximum Gasteiger partial charge on any atom is 0.0890 e. The molecule has 25 heavy (non-hydrogen) atoms. The molecule has 0 fully saturated rings. The second-order valence-electron chi connectivity index (χ2n) is 6.41. The van der Waals surface area contributed by atoms with E-state index in [1.165, 1.54) is 5.56 Å². The van der Waals surface area contributed by atoms with E-state index in [1.54, 1.807) is 6.20 Å². The van der Waals surface area contributed by atoms with Crippen molar-refractivity contribution in [2.45, 2.75) is 32.0 Å². The van der Waals surface area contributed by atoms with Crippen molar-refractivity contribution in [1.82, 2.24) is 15.3 Å². The molecule has 1 heterocycles. The van der Waals surface area contributed by atoms with Crippen LogP contribution in [0.4, 0.5) is 0 Å². The summed E-state index contributed by atoms with van der Waals surface area (Å²) >= 11 is 0. The van der Waals surface area contributed by atoms with Gasteiger partial charge in [-0.15, -0.1) is 0 Å². The van der Waals surface area contributed by atoms with Gasteiger partial charge in [-0.3, -0.25) is 4.98 Å². The predicted octanol–water partition coefficient (Wildman–Crippen LogP) is 1.96. The lowest BCUT2D eigenvalue weighted by atomic mass is 10.0. The molecule has 0 unspecified atom stereocenters. The van der Waals surface area contributed by atoms with Gasteiger partial charge in [0, 0.05) is 19.1 Å². The van der Waals surface area contributed by atoms with Crippen LogP contribution in [0.1, 0.15) is 16.8 Å². The Bertz CT molecular complexity index is 822. The van der Waals surface area contributed by atoms with Crippen LogP contribution in [-0.2, 0) is 13.0 Å². The van der Waals surface area contributed by atoms with Crippen LogP contribution in [0.3, 0.4) is 0 Å². The van der Waals surface area contributed by atoms with Gasteiger partial charge in [0.15, 0.2) is 0 Å². The number of nitrogens with one attached hydrogen (secondary N) is 1. The Morgan fingerprint density at radius 2 is 1.92 bits per heavy atom. The number of fused-ring (bicyclic) bond motifs is 1. The molecule has 2 aromatic carbocycles. The van der Waals surface area contributed by atoms with E-state index in [0.717, 1.165) is 22.3 Å². The van der Waals surface area contributed by atoms with Gasteiger partial charge in [-0.2, -0.15) is 0 Å². The molecule has 130 valence electrons. The van der Waals surface area contributed by atoms with Crippen LogP contribution < -0.4 is 11.1 Å². The number of aliphatic hydroxyl groups is 1. The van der Waals surface area contributed by atoms with Crippen LogP contribution in [0.5, 0.6) is 0 Å². The van der Waals surface area contributed by atoms with Crippen molar-refractivity contribution < 1.29 is 5.11 Å². The minimum absolute atomic E-state index is 0.305. The Kier molecular flexibility index (Phi) is 5.71. The Labute approximate surface area is 147 Å². The molecule has 5 nitrogen and oxygen atoms in total. The largest absolute Gasteiger partial charge is 0.390 e. The quantitative estimate of drug-likeness (QED) is 0.614. The molecule has 0 aliphatic carbocycles. The minimum atomic E-state index is -0.615. The highest BCUT2D eigenvalue weighted by molar-refractivity contribution is 5.74. The SMILES string of the molecule is Cc1ccc2nc(CNC[C@@H](O)[C@@H](N)Cc3ccccc3)cnc2c1. The van der Waals surface area contributed by atoms with E-state index >= 15 is 0 Å². The standard InChI is InChI=1S/C20H24N4O/c1-14-7-8-18-19(9-14)23-12-16(24-18)11-22-13-20(25)17(21)10-15-5-3-2-4-6-15/h2-9,12,17,20,22,25H,10-11,13,21H2,1H3/t17-,20+/m0/s1. The lowest BCUT2D eigenvalue weighted by Crippen LogP contribution is -2.43. The molecule has 0 aliphatic heterocycles. The maximum atomic E-state index is 10.2. The summed E-state index contributed by atoms with van der Waals surface area (Å²) in [5.41, 5.74) is 11.0. The van der Waals surface area contributed by atoms with E-state index in [9.17, 15) is 5.11 Å². The van der Waals surface area contributed by atoms with Crippen molar-refractivity contribution in [2.24, 2.45) is 5.73 Å². The highest BCUT2D eigenvalue weighted by atomic mass is 16.3. The lowest BCUT2D eigenvalue weighted by molar-refractivity contribution is 0.141. The summed E-state index contributed by atoms with van der Waals surface area (Å²) in [7, 11) is 0. The summed E-state index contributed by atoms with van der Waals surface area (Å²) in [6.45, 7) is 3.00. The normalized spacial score (nSPS) is 13.7. The summed E-state index contributed by atoms with van der Waals surface area (Å²) in [5.74, 6) is 0. The number of hydrogen-bond donors (Lipinski definition) is 3. The van der Waals surface area contributed by atoms with Crippen LogP contribution in [0.2, 0.25) is 0 Å². The molecule has 4 N–H and O–H groups in total. The van der Waals surface area contributed by atoms with Crippen LogP contribution in [-0.4, -0.2) is 33.8 Å². The first kappa shape index (κ1) is 17.5. The third-order valence-corrected chi connectivity index (χ3v) is 4.22. The highest BCUT2D eigenvalue weighted by Crippen LogP contribution is 2.11. The smallest absolute Gasteiger partial charge is 0.0890 e. The molecule has 2 atom stereocenters. The van der Waals surface area contributed by atoms with E-state index in [0.29, 0.717) is 19.5 Å². The Morgan fingerprint density at radius 3 is 2.72 bits per heavy atom. The molecule has 0 aliphatic rings. The molecule has 0 spiro atoms. The van der Waals surface area contributed by atoms with E-state index in [2.05, 4.69) is 15.3 Å². The molecule has 0 saturated heterocycles. The zero-order valence-electron chi connectivity index (χ0n) is 14.4. The van der Waals surface area contributed by atoms with Crippen molar-refractivity contribution in [3.05, 3.63) is 71.5 Å². The van der Waals surface area contributed by atoms with E-state index < -0.39 is 6.10 Å². The average Bonchev–Trinajstić information content (AvgIpc) is 2.62. The summed E-state index contributed by atoms with van der Waals surface area (Å²) in [6, 6.07) is 15.7. The van der Waals surface area contributed by atoms with Gasteiger partial charge in [-0.1, -0.05) is 36.4 Å². The molecule has 3 aromatic rings. The summed E-state index contributed by atoms with van der Waals surface area (Å²) in [6.07, 6.45) is 1.81. The van der Waals surface area contributed by atoms with E-state index in [4.69, 9.17) is 5.73 Å². The first-order valence-corrected chi connectivity index (χ1v) is 8.52. The van der Waals surface area contributed by atoms with Gasteiger partial charge in [0.25, 0.3) is 0 Å². The molecular weight excluding hydrogens is 312 g/mol. The molecule has 0 saturated carbocycles. The van der Waals surface area contributed by atoms with Gasteiger partial charge in [0.05, 0.1) is 29.0 Å². The van der Waals surface area contributed by atoms with Crippen molar-refractivity contribution >= 4 is 11.0 Å². The van der Waals surface area contributed by atoms with E-state index in [1.807, 2.05) is 55.5 Å². The fourth-order valence-corrected chi connectivity index (χ4v) is 2.77. The molecule has 5 heteroatoms. The van der Waals surface area contributed by atoms with E-state index in [-0.39, 0.29) is 6.04 Å². The van der Waals surface area contributed by atoms with Crippen molar-refractivity contribution in [3.63, 3.8) is 0 Å². The summed E-state index contributed by atoms with van der Waals surface area (Å²) in [4.78, 5) is 9.03. The number of aliphatic hydroxyl groups excluding tert-OH is 1. The first-order valence-electron chi connectivity index (χ1n) is 8.52. The number of aromatic nitrogens is 2. The third kappa shape index (κ3) is 4.82. The average molecular weight is 336 g/mol. The predicted molar refractivity (Wildman–Crippen MR) is 100 cm³/mol. The van der Waals surface area contributed by atoms with Crippen LogP contribution >= 0.6 is 0 Å². The Balaban J connectivity index is 1.51. The third-order valence-electron chi connectivity index (χ3n) is 4.22. The van der Waals surface area contributed by atoms with Gasteiger partial charge >= 0.3 is 0 Å². The number of nitrogens with two attached hydrogens (primary N) is 1. The number of benzene rings is 2. The summed E-state index contributed by atoms with van der Waals surface area (Å²) in [5, 5.41) is 13.4. The number of rotatable bonds is 7. The minimum Gasteiger partial charge on any atom is -0.390 e.